The van der Waals surface area contributed by atoms with Crippen molar-refractivity contribution in [2.45, 2.75) is 13.0 Å². The van der Waals surface area contributed by atoms with Crippen LogP contribution < -0.4 is 10.6 Å². The van der Waals surface area contributed by atoms with Crippen LogP contribution in [0.1, 0.15) is 16.8 Å². The fraction of sp³-hybridized carbons (Fsp3) is 0.211. The summed E-state index contributed by atoms with van der Waals surface area (Å²) in [5.74, 6) is -0.444. The first-order chi connectivity index (χ1) is 12.2. The van der Waals surface area contributed by atoms with Gasteiger partial charge in [0.25, 0.3) is 5.91 Å². The number of fused-ring (bicyclic) bond motifs is 1. The lowest BCUT2D eigenvalue weighted by Crippen LogP contribution is -2.37. The second-order valence-corrected chi connectivity index (χ2v) is 5.68. The van der Waals surface area contributed by atoms with E-state index in [1.165, 1.54) is 0 Å². The Morgan fingerprint density at radius 2 is 1.84 bits per heavy atom. The van der Waals surface area contributed by atoms with E-state index in [9.17, 15) is 9.59 Å². The van der Waals surface area contributed by atoms with Gasteiger partial charge in [-0.15, -0.1) is 0 Å². The lowest BCUT2D eigenvalue weighted by Gasteiger charge is -2.08. The highest BCUT2D eigenvalue weighted by molar-refractivity contribution is 5.96. The molecule has 0 atom stereocenters. The van der Waals surface area contributed by atoms with Crippen LogP contribution in [-0.2, 0) is 11.3 Å². The van der Waals surface area contributed by atoms with E-state index < -0.39 is 0 Å². The molecule has 2 amide bonds. The zero-order chi connectivity index (χ0) is 17.5. The van der Waals surface area contributed by atoms with Crippen LogP contribution >= 0.6 is 0 Å². The van der Waals surface area contributed by atoms with Gasteiger partial charge in [-0.25, -0.2) is 4.98 Å². The Kier molecular flexibility index (Phi) is 5.41. The number of aromatic nitrogens is 2. The van der Waals surface area contributed by atoms with Gasteiger partial charge >= 0.3 is 0 Å². The molecule has 2 aromatic heterocycles. The van der Waals surface area contributed by atoms with Crippen molar-refractivity contribution in [3.05, 3.63) is 66.5 Å². The standard InChI is InChI=1S/C19H20N4O2/c24-17(14-22-19(25)16-6-2-1-3-7-16)20-11-5-12-23-13-9-15-8-4-10-21-18(15)23/h1-4,6-10,13H,5,11-12,14H2,(H,20,24)(H,22,25). The minimum absolute atomic E-state index is 0.0261. The average Bonchev–Trinajstić information content (AvgIpc) is 3.07. The molecule has 0 aliphatic rings. The highest BCUT2D eigenvalue weighted by atomic mass is 16.2. The summed E-state index contributed by atoms with van der Waals surface area (Å²) >= 11 is 0. The zero-order valence-electron chi connectivity index (χ0n) is 13.8. The Morgan fingerprint density at radius 3 is 2.68 bits per heavy atom. The third kappa shape index (κ3) is 4.44. The quantitative estimate of drug-likeness (QED) is 0.648. The van der Waals surface area contributed by atoms with Crippen LogP contribution in [0.25, 0.3) is 11.0 Å². The average molecular weight is 336 g/mol. The van der Waals surface area contributed by atoms with E-state index in [0.717, 1.165) is 24.0 Å². The van der Waals surface area contributed by atoms with Crippen LogP contribution in [0.3, 0.4) is 0 Å². The van der Waals surface area contributed by atoms with Gasteiger partial charge in [0, 0.05) is 36.4 Å². The van der Waals surface area contributed by atoms with Crippen molar-refractivity contribution in [2.75, 3.05) is 13.1 Å². The summed E-state index contributed by atoms with van der Waals surface area (Å²) in [6.07, 6.45) is 4.56. The molecule has 0 radical (unpaired) electrons. The first-order valence-corrected chi connectivity index (χ1v) is 8.24. The van der Waals surface area contributed by atoms with Crippen molar-refractivity contribution in [3.63, 3.8) is 0 Å². The Balaban J connectivity index is 1.37. The third-order valence-corrected chi connectivity index (χ3v) is 3.87. The van der Waals surface area contributed by atoms with Crippen molar-refractivity contribution < 1.29 is 9.59 Å². The van der Waals surface area contributed by atoms with Gasteiger partial charge in [0.05, 0.1) is 6.54 Å². The molecule has 0 saturated carbocycles. The second kappa shape index (κ2) is 8.10. The summed E-state index contributed by atoms with van der Waals surface area (Å²) in [5.41, 5.74) is 1.49. The molecule has 25 heavy (non-hydrogen) atoms. The van der Waals surface area contributed by atoms with Crippen molar-refractivity contribution in [1.29, 1.82) is 0 Å². The van der Waals surface area contributed by atoms with E-state index >= 15 is 0 Å². The van der Waals surface area contributed by atoms with Crippen LogP contribution in [0.15, 0.2) is 60.9 Å². The molecule has 2 N–H and O–H groups in total. The smallest absolute Gasteiger partial charge is 0.251 e. The summed E-state index contributed by atoms with van der Waals surface area (Å²) in [5, 5.41) is 6.53. The summed E-state index contributed by atoms with van der Waals surface area (Å²) < 4.78 is 2.07. The molecule has 3 rings (SSSR count). The van der Waals surface area contributed by atoms with Gasteiger partial charge < -0.3 is 15.2 Å². The van der Waals surface area contributed by atoms with Crippen LogP contribution in [-0.4, -0.2) is 34.5 Å². The van der Waals surface area contributed by atoms with E-state index in [2.05, 4.69) is 20.2 Å². The molecule has 1 aromatic carbocycles. The molecule has 3 aromatic rings. The van der Waals surface area contributed by atoms with Gasteiger partial charge in [-0.05, 0) is 36.8 Å². The zero-order valence-corrected chi connectivity index (χ0v) is 13.8. The number of rotatable bonds is 7. The lowest BCUT2D eigenvalue weighted by atomic mass is 10.2. The molecule has 0 spiro atoms. The molecule has 0 unspecified atom stereocenters. The number of hydrogen-bond acceptors (Lipinski definition) is 3. The fourth-order valence-corrected chi connectivity index (χ4v) is 2.59. The number of pyridine rings is 1. The minimum atomic E-state index is -0.249. The molecule has 2 heterocycles. The van der Waals surface area contributed by atoms with Gasteiger partial charge in [-0.1, -0.05) is 18.2 Å². The highest BCUT2D eigenvalue weighted by Gasteiger charge is 2.07. The largest absolute Gasteiger partial charge is 0.355 e. The molecule has 6 nitrogen and oxygen atoms in total. The molecule has 0 aliphatic carbocycles. The first kappa shape index (κ1) is 16.7. The lowest BCUT2D eigenvalue weighted by molar-refractivity contribution is -0.120. The Bertz CT molecular complexity index is 858. The monoisotopic (exact) mass is 336 g/mol. The Morgan fingerprint density at radius 1 is 1.00 bits per heavy atom. The molecular weight excluding hydrogens is 316 g/mol. The first-order valence-electron chi connectivity index (χ1n) is 8.24. The van der Waals surface area contributed by atoms with Gasteiger partial charge in [0.1, 0.15) is 5.65 Å². The SMILES string of the molecule is O=C(CNC(=O)c1ccccc1)NCCCn1ccc2cccnc21. The maximum atomic E-state index is 11.9. The van der Waals surface area contributed by atoms with Gasteiger partial charge in [-0.2, -0.15) is 0 Å². The number of aryl methyl sites for hydroxylation is 1. The summed E-state index contributed by atoms with van der Waals surface area (Å²) in [4.78, 5) is 28.0. The van der Waals surface area contributed by atoms with Crippen LogP contribution in [0.4, 0.5) is 0 Å². The van der Waals surface area contributed by atoms with Gasteiger partial charge in [0.15, 0.2) is 0 Å². The second-order valence-electron chi connectivity index (χ2n) is 5.68. The predicted molar refractivity (Wildman–Crippen MR) is 96.1 cm³/mol. The number of nitrogens with one attached hydrogen (secondary N) is 2. The minimum Gasteiger partial charge on any atom is -0.355 e. The van der Waals surface area contributed by atoms with Crippen LogP contribution in [0, 0.1) is 0 Å². The van der Waals surface area contributed by atoms with Gasteiger partial charge in [-0.3, -0.25) is 9.59 Å². The molecule has 6 heteroatoms. The predicted octanol–water partition coefficient (Wildman–Crippen LogP) is 1.97. The summed E-state index contributed by atoms with van der Waals surface area (Å²) in [7, 11) is 0. The van der Waals surface area contributed by atoms with E-state index in [1.54, 1.807) is 30.5 Å². The number of carbonyl (C=O) groups is 2. The molecule has 0 fully saturated rings. The molecule has 0 saturated heterocycles. The fourth-order valence-electron chi connectivity index (χ4n) is 2.59. The van der Waals surface area contributed by atoms with Crippen molar-refractivity contribution in [3.8, 4) is 0 Å². The number of benzene rings is 1. The maximum Gasteiger partial charge on any atom is 0.251 e. The van der Waals surface area contributed by atoms with Crippen molar-refractivity contribution in [2.24, 2.45) is 0 Å². The maximum absolute atomic E-state index is 11.9. The Labute approximate surface area is 145 Å². The van der Waals surface area contributed by atoms with E-state index in [-0.39, 0.29) is 18.4 Å². The van der Waals surface area contributed by atoms with E-state index in [1.807, 2.05) is 30.5 Å². The van der Waals surface area contributed by atoms with Crippen LogP contribution in [0.2, 0.25) is 0 Å². The number of carbonyl (C=O) groups excluding carboxylic acids is 2. The molecule has 0 aliphatic heterocycles. The number of hydrogen-bond donors (Lipinski definition) is 2. The van der Waals surface area contributed by atoms with Crippen molar-refractivity contribution >= 4 is 22.8 Å². The third-order valence-electron chi connectivity index (χ3n) is 3.87. The molecule has 128 valence electrons. The Hall–Kier alpha value is -3.15. The van der Waals surface area contributed by atoms with Crippen molar-refractivity contribution in [1.82, 2.24) is 20.2 Å². The molecule has 0 bridgehead atoms. The summed E-state index contributed by atoms with van der Waals surface area (Å²) in [6, 6.07) is 14.8. The van der Waals surface area contributed by atoms with Gasteiger partial charge in [0.2, 0.25) is 5.91 Å². The summed E-state index contributed by atoms with van der Waals surface area (Å²) in [6.45, 7) is 1.30. The number of nitrogens with zero attached hydrogens (tertiary/aromatic N) is 2. The van der Waals surface area contributed by atoms with E-state index in [4.69, 9.17) is 0 Å². The van der Waals surface area contributed by atoms with Crippen LogP contribution in [0.5, 0.6) is 0 Å². The number of amides is 2. The normalized spacial score (nSPS) is 10.6. The van der Waals surface area contributed by atoms with E-state index in [0.29, 0.717) is 12.1 Å². The topological polar surface area (TPSA) is 76.0 Å². The highest BCUT2D eigenvalue weighted by Crippen LogP contribution is 2.12. The molecular formula is C19H20N4O2.